The smallest absolute Gasteiger partial charge is 0.0545 e. The first-order valence-electron chi connectivity index (χ1n) is 3.46. The van der Waals surface area contributed by atoms with Gasteiger partial charge in [0.05, 0.1) is 0 Å². The van der Waals surface area contributed by atoms with Crippen LogP contribution in [0.3, 0.4) is 0 Å². The molecule has 1 rings (SSSR count). The lowest BCUT2D eigenvalue weighted by Crippen LogP contribution is -2.01. The third-order valence-electron chi connectivity index (χ3n) is 1.68. The van der Waals surface area contributed by atoms with Crippen molar-refractivity contribution in [3.8, 4) is 0 Å². The quantitative estimate of drug-likeness (QED) is 0.241. The fourth-order valence-electron chi connectivity index (χ4n) is 0.937. The number of hydrogen-bond donors (Lipinski definition) is 0. The summed E-state index contributed by atoms with van der Waals surface area (Å²) in [4.78, 5) is 0. The Morgan fingerprint density at radius 3 is 1.93 bits per heavy atom. The van der Waals surface area contributed by atoms with Crippen molar-refractivity contribution in [1.29, 1.82) is 0 Å². The van der Waals surface area contributed by atoms with Crippen LogP contribution in [-0.2, 0) is 2.14 Å². The van der Waals surface area contributed by atoms with E-state index in [1.54, 1.807) is 0 Å². The molecule has 0 aliphatic heterocycles. The van der Waals surface area contributed by atoms with E-state index >= 15 is 0 Å². The molecule has 0 aromatic heterocycles. The maximum atomic E-state index is 3.56. The molecule has 1 aromatic carbocycles. The minimum Gasteiger partial charge on any atom is -0.0545 e. The van der Waals surface area contributed by atoms with E-state index in [-0.39, 0.29) is 0 Å². The van der Waals surface area contributed by atoms with Crippen LogP contribution >= 0.6 is 95.6 Å². The molecule has 0 aliphatic rings. The zero-order valence-corrected chi connectivity index (χ0v) is 16.4. The van der Waals surface area contributed by atoms with Crippen LogP contribution in [0.5, 0.6) is 0 Å². The second-order valence-electron chi connectivity index (χ2n) is 2.66. The summed E-state index contributed by atoms with van der Waals surface area (Å²) in [6, 6.07) is 2.03. The minimum atomic E-state index is -0.403. The van der Waals surface area contributed by atoms with Crippen molar-refractivity contribution in [3.63, 3.8) is 0 Å². The van der Waals surface area contributed by atoms with Crippen molar-refractivity contribution in [3.05, 3.63) is 30.6 Å². The molecule has 0 atom stereocenters. The van der Waals surface area contributed by atoms with Crippen molar-refractivity contribution in [2.24, 2.45) is 0 Å². The molecular weight excluding hydrogens is 576 g/mol. The van der Waals surface area contributed by atoms with E-state index < -0.39 is 2.14 Å². The molecule has 78 valence electrons. The predicted octanol–water partition coefficient (Wildman–Crippen LogP) is 6.58. The van der Waals surface area contributed by atoms with Gasteiger partial charge in [0, 0.05) is 19.0 Å². The molecule has 6 heteroatoms. The van der Waals surface area contributed by atoms with Crippen LogP contribution in [0, 0.1) is 6.92 Å². The van der Waals surface area contributed by atoms with Gasteiger partial charge >= 0.3 is 0 Å². The van der Waals surface area contributed by atoms with Crippen LogP contribution in [0.4, 0.5) is 0 Å². The van der Waals surface area contributed by atoms with Crippen LogP contribution in [0.1, 0.15) is 11.1 Å². The largest absolute Gasteiger partial charge is 0.161 e. The highest BCUT2D eigenvalue weighted by molar-refractivity contribution is 9.38. The Morgan fingerprint density at radius 2 is 1.50 bits per heavy atom. The van der Waals surface area contributed by atoms with Gasteiger partial charge in [0.1, 0.15) is 0 Å². The molecule has 0 unspecified atom stereocenters. The first kappa shape index (κ1) is 14.2. The molecular formula is C8H4Br6. The molecule has 0 bridgehead atoms. The Hall–Kier alpha value is 2.10. The number of alkyl halides is 3. The van der Waals surface area contributed by atoms with Crippen molar-refractivity contribution in [1.82, 2.24) is 0 Å². The molecule has 0 saturated heterocycles. The first-order chi connectivity index (χ1) is 6.25. The molecule has 0 spiro atoms. The summed E-state index contributed by atoms with van der Waals surface area (Å²) < 4.78 is 2.74. The van der Waals surface area contributed by atoms with Crippen LogP contribution in [0.25, 0.3) is 0 Å². The van der Waals surface area contributed by atoms with E-state index in [1.165, 1.54) is 0 Å². The summed E-state index contributed by atoms with van der Waals surface area (Å²) in [6.07, 6.45) is 0. The van der Waals surface area contributed by atoms with Gasteiger partial charge in [-0.05, 0) is 50.4 Å². The summed E-state index contributed by atoms with van der Waals surface area (Å²) >= 11 is 21.1. The average molecular weight is 580 g/mol. The van der Waals surface area contributed by atoms with Crippen molar-refractivity contribution >= 4 is 95.6 Å². The van der Waals surface area contributed by atoms with Gasteiger partial charge in [0.15, 0.2) is 2.14 Å². The van der Waals surface area contributed by atoms with Gasteiger partial charge in [-0.25, -0.2) is 0 Å². The number of halogens is 6. The molecule has 0 amide bonds. The summed E-state index contributed by atoms with van der Waals surface area (Å²) in [5.74, 6) is 0. The maximum absolute atomic E-state index is 3.56. The zero-order valence-electron chi connectivity index (χ0n) is 6.85. The Balaban J connectivity index is 3.49. The second-order valence-corrected chi connectivity index (χ2v) is 11.9. The van der Waals surface area contributed by atoms with Crippen LogP contribution in [-0.4, -0.2) is 0 Å². The summed E-state index contributed by atoms with van der Waals surface area (Å²) in [5, 5.41) is 0. The van der Waals surface area contributed by atoms with E-state index in [1.807, 2.05) is 13.0 Å². The van der Waals surface area contributed by atoms with Gasteiger partial charge in [-0.1, -0.05) is 63.7 Å². The molecule has 0 radical (unpaired) electrons. The highest BCUT2D eigenvalue weighted by Crippen LogP contribution is 2.50. The lowest BCUT2D eigenvalue weighted by Gasteiger charge is -2.18. The lowest BCUT2D eigenvalue weighted by atomic mass is 10.2. The fourth-order valence-corrected chi connectivity index (χ4v) is 4.39. The van der Waals surface area contributed by atoms with E-state index in [2.05, 4.69) is 95.6 Å². The normalized spacial score (nSPS) is 11.9. The summed E-state index contributed by atoms with van der Waals surface area (Å²) in [5.41, 5.74) is 2.22. The van der Waals surface area contributed by atoms with Crippen LogP contribution < -0.4 is 0 Å². The van der Waals surface area contributed by atoms with Crippen molar-refractivity contribution in [2.75, 3.05) is 0 Å². The van der Waals surface area contributed by atoms with Crippen LogP contribution in [0.2, 0.25) is 0 Å². The Bertz CT molecular complexity index is 365. The third-order valence-corrected chi connectivity index (χ3v) is 6.16. The zero-order chi connectivity index (χ0) is 11.1. The SMILES string of the molecule is Cc1c(Br)c(Br)cc(C(Br)(Br)Br)c1Br. The van der Waals surface area contributed by atoms with Gasteiger partial charge in [0.2, 0.25) is 0 Å². The molecule has 0 saturated carbocycles. The van der Waals surface area contributed by atoms with E-state index in [4.69, 9.17) is 0 Å². The number of rotatable bonds is 0. The summed E-state index contributed by atoms with van der Waals surface area (Å²) in [6.45, 7) is 2.04. The number of benzene rings is 1. The van der Waals surface area contributed by atoms with E-state index in [9.17, 15) is 0 Å². The standard InChI is InChI=1S/C8H4Br6/c1-3-6(10)4(8(12,13)14)2-5(9)7(3)11/h2H,1H3. The molecule has 0 nitrogen and oxygen atoms in total. The van der Waals surface area contributed by atoms with E-state index in [0.717, 1.165) is 24.5 Å². The van der Waals surface area contributed by atoms with Crippen molar-refractivity contribution in [2.45, 2.75) is 9.07 Å². The van der Waals surface area contributed by atoms with Gasteiger partial charge < -0.3 is 0 Å². The molecule has 0 fully saturated rings. The lowest BCUT2D eigenvalue weighted by molar-refractivity contribution is 1.25. The van der Waals surface area contributed by atoms with Gasteiger partial charge in [-0.15, -0.1) is 0 Å². The minimum absolute atomic E-state index is 0.403. The highest BCUT2D eigenvalue weighted by Gasteiger charge is 2.26. The van der Waals surface area contributed by atoms with Gasteiger partial charge in [-0.3, -0.25) is 0 Å². The maximum Gasteiger partial charge on any atom is 0.161 e. The van der Waals surface area contributed by atoms with Gasteiger partial charge in [0.25, 0.3) is 0 Å². The second kappa shape index (κ2) is 5.17. The van der Waals surface area contributed by atoms with Crippen LogP contribution in [0.15, 0.2) is 19.5 Å². The molecule has 1 aromatic rings. The summed E-state index contributed by atoms with van der Waals surface area (Å²) in [7, 11) is 0. The van der Waals surface area contributed by atoms with E-state index in [0.29, 0.717) is 0 Å². The average Bonchev–Trinajstić information content (AvgIpc) is 2.06. The molecule has 0 N–H and O–H groups in total. The fraction of sp³-hybridized carbons (Fsp3) is 0.250. The predicted molar refractivity (Wildman–Crippen MR) is 82.7 cm³/mol. The molecule has 0 heterocycles. The Morgan fingerprint density at radius 1 is 1.00 bits per heavy atom. The van der Waals surface area contributed by atoms with Gasteiger partial charge in [-0.2, -0.15) is 0 Å². The Labute approximate surface area is 133 Å². The third kappa shape index (κ3) is 3.06. The van der Waals surface area contributed by atoms with Crippen molar-refractivity contribution < 1.29 is 0 Å². The number of hydrogen-bond acceptors (Lipinski definition) is 0. The molecule has 0 aliphatic carbocycles. The molecule has 14 heavy (non-hydrogen) atoms. The highest BCUT2D eigenvalue weighted by atomic mass is 80.0. The first-order valence-corrected chi connectivity index (χ1v) is 8.22. The topological polar surface area (TPSA) is 0 Å². The monoisotopic (exact) mass is 574 g/mol. The Kier molecular flexibility index (Phi) is 5.23.